The maximum Gasteiger partial charge on any atom is 0.272 e. The van der Waals surface area contributed by atoms with E-state index in [1.807, 2.05) is 20.0 Å². The molecular weight excluding hydrogens is 512 g/mol. The second-order valence-corrected chi connectivity index (χ2v) is 9.02. The number of para-hydroxylation sites is 1. The molecule has 1 amide bonds. The summed E-state index contributed by atoms with van der Waals surface area (Å²) in [6.45, 7) is 3.59. The summed E-state index contributed by atoms with van der Waals surface area (Å²) in [5.74, 6) is 5.64. The molecule has 0 bridgehead atoms. The number of carbonyl (C=O) groups is 1. The monoisotopic (exact) mass is 534 g/mol. The van der Waals surface area contributed by atoms with E-state index in [-0.39, 0.29) is 34.0 Å². The van der Waals surface area contributed by atoms with Crippen molar-refractivity contribution < 1.29 is 9.32 Å². The van der Waals surface area contributed by atoms with Gasteiger partial charge in [0.1, 0.15) is 16.8 Å². The minimum Gasteiger partial charge on any atom is -0.381 e. The minimum absolute atomic E-state index is 0.00217. The van der Waals surface area contributed by atoms with Crippen LogP contribution in [0, 0.1) is 18.8 Å². The average molecular weight is 535 g/mol. The van der Waals surface area contributed by atoms with Crippen molar-refractivity contribution in [3.8, 4) is 17.5 Å². The van der Waals surface area contributed by atoms with Crippen molar-refractivity contribution in [1.82, 2.24) is 44.4 Å². The number of nitrogens with two attached hydrogens (primary N) is 1. The van der Waals surface area contributed by atoms with E-state index >= 15 is 0 Å². The van der Waals surface area contributed by atoms with Crippen LogP contribution in [0.5, 0.6) is 0 Å². The van der Waals surface area contributed by atoms with Gasteiger partial charge in [-0.3, -0.25) is 18.8 Å². The second-order valence-electron chi connectivity index (χ2n) is 9.02. The Labute approximate surface area is 226 Å². The van der Waals surface area contributed by atoms with E-state index in [1.54, 1.807) is 60.5 Å². The van der Waals surface area contributed by atoms with Crippen LogP contribution in [0.3, 0.4) is 0 Å². The fraction of sp³-hybridized carbons (Fsp3) is 0.148. The van der Waals surface area contributed by atoms with Crippen molar-refractivity contribution in [2.24, 2.45) is 7.05 Å². The number of carbonyl (C=O) groups excluding carboxylic acids is 1. The Kier molecular flexibility index (Phi) is 5.84. The molecule has 0 aliphatic heterocycles. The van der Waals surface area contributed by atoms with E-state index in [9.17, 15) is 9.59 Å². The second kappa shape index (κ2) is 9.52. The lowest BCUT2D eigenvalue weighted by Crippen LogP contribution is -2.33. The summed E-state index contributed by atoms with van der Waals surface area (Å²) < 4.78 is 9.96. The third-order valence-corrected chi connectivity index (χ3v) is 6.49. The molecule has 5 heterocycles. The molecule has 0 spiro atoms. The zero-order valence-electron chi connectivity index (χ0n) is 21.7. The van der Waals surface area contributed by atoms with E-state index in [0.717, 1.165) is 5.69 Å². The Morgan fingerprint density at radius 3 is 2.73 bits per heavy atom. The molecule has 0 radical (unpaired) electrons. The van der Waals surface area contributed by atoms with Gasteiger partial charge in [-0.05, 0) is 38.0 Å². The number of anilines is 1. The van der Waals surface area contributed by atoms with Crippen molar-refractivity contribution in [2.75, 3.05) is 5.73 Å². The van der Waals surface area contributed by atoms with Crippen molar-refractivity contribution in [1.29, 1.82) is 0 Å². The van der Waals surface area contributed by atoms with E-state index in [1.165, 1.54) is 9.08 Å². The van der Waals surface area contributed by atoms with Gasteiger partial charge in [-0.1, -0.05) is 29.3 Å². The summed E-state index contributed by atoms with van der Waals surface area (Å²) in [6.07, 6.45) is 4.82. The zero-order chi connectivity index (χ0) is 28.0. The van der Waals surface area contributed by atoms with Gasteiger partial charge in [0.25, 0.3) is 17.2 Å². The first kappa shape index (κ1) is 24.6. The summed E-state index contributed by atoms with van der Waals surface area (Å²) in [5.41, 5.74) is 8.25. The maximum absolute atomic E-state index is 13.9. The first-order valence-electron chi connectivity index (χ1n) is 12.2. The average Bonchev–Trinajstić information content (AvgIpc) is 3.62. The normalized spacial score (nSPS) is 11.9. The molecule has 6 rings (SSSR count). The molecule has 0 aliphatic rings. The van der Waals surface area contributed by atoms with Gasteiger partial charge in [-0.2, -0.15) is 10.1 Å². The van der Waals surface area contributed by atoms with Crippen LogP contribution < -0.4 is 16.6 Å². The smallest absolute Gasteiger partial charge is 0.272 e. The quantitative estimate of drug-likeness (QED) is 0.322. The van der Waals surface area contributed by atoms with Crippen LogP contribution in [0.2, 0.25) is 0 Å². The fourth-order valence-electron chi connectivity index (χ4n) is 4.33. The summed E-state index contributed by atoms with van der Waals surface area (Å²) >= 11 is 0. The largest absolute Gasteiger partial charge is 0.381 e. The predicted molar refractivity (Wildman–Crippen MR) is 145 cm³/mol. The molecule has 0 unspecified atom stereocenters. The SMILES string of the molecule is Cc1c(C#Cc2noc3nc([C@H](C)NC(=O)c4c(N)nn5cccnc45)n(-c4ccccc4)c(=O)c23)cnn1C. The first-order valence-corrected chi connectivity index (χ1v) is 12.2. The number of rotatable bonds is 4. The number of aryl methyl sites for hydroxylation is 1. The molecule has 5 aromatic heterocycles. The van der Waals surface area contributed by atoms with Crippen LogP contribution in [-0.2, 0) is 7.05 Å². The number of hydrogen-bond donors (Lipinski definition) is 2. The van der Waals surface area contributed by atoms with Gasteiger partial charge in [-0.15, -0.1) is 5.10 Å². The zero-order valence-corrected chi connectivity index (χ0v) is 21.7. The molecule has 0 saturated carbocycles. The highest BCUT2D eigenvalue weighted by Gasteiger charge is 2.26. The molecule has 1 atom stereocenters. The van der Waals surface area contributed by atoms with E-state index in [4.69, 9.17) is 10.3 Å². The highest BCUT2D eigenvalue weighted by molar-refractivity contribution is 6.04. The Morgan fingerprint density at radius 2 is 1.98 bits per heavy atom. The number of fused-ring (bicyclic) bond motifs is 2. The molecule has 3 N–H and O–H groups in total. The molecule has 0 aliphatic carbocycles. The van der Waals surface area contributed by atoms with Crippen molar-refractivity contribution in [3.63, 3.8) is 0 Å². The minimum atomic E-state index is -0.763. The van der Waals surface area contributed by atoms with Crippen LogP contribution >= 0.6 is 0 Å². The Hall–Kier alpha value is -5.77. The number of benzene rings is 1. The van der Waals surface area contributed by atoms with Crippen LogP contribution in [0.1, 0.15) is 46.1 Å². The third-order valence-electron chi connectivity index (χ3n) is 6.49. The van der Waals surface area contributed by atoms with Crippen molar-refractivity contribution in [2.45, 2.75) is 19.9 Å². The van der Waals surface area contributed by atoms with E-state index < -0.39 is 17.5 Å². The van der Waals surface area contributed by atoms with E-state index in [0.29, 0.717) is 16.9 Å². The lowest BCUT2D eigenvalue weighted by atomic mass is 10.2. The Morgan fingerprint density at radius 1 is 1.18 bits per heavy atom. The number of aromatic nitrogens is 8. The number of nitrogens with zero attached hydrogens (tertiary/aromatic N) is 8. The first-order chi connectivity index (χ1) is 19.3. The number of hydrogen-bond acceptors (Lipinski definition) is 9. The van der Waals surface area contributed by atoms with Gasteiger partial charge in [0.15, 0.2) is 17.2 Å². The van der Waals surface area contributed by atoms with E-state index in [2.05, 4.69) is 42.5 Å². The predicted octanol–water partition coefficient (Wildman–Crippen LogP) is 1.93. The molecule has 198 valence electrons. The molecule has 6 aromatic rings. The van der Waals surface area contributed by atoms with Crippen LogP contribution in [-0.4, -0.2) is 45.0 Å². The third kappa shape index (κ3) is 4.04. The number of nitrogens with one attached hydrogen (secondary N) is 1. The fourth-order valence-corrected chi connectivity index (χ4v) is 4.33. The summed E-state index contributed by atoms with van der Waals surface area (Å²) in [7, 11) is 1.82. The maximum atomic E-state index is 13.9. The number of amides is 1. The summed E-state index contributed by atoms with van der Waals surface area (Å²) in [6, 6.07) is 9.86. The highest BCUT2D eigenvalue weighted by Crippen LogP contribution is 2.22. The molecule has 13 nitrogen and oxygen atoms in total. The van der Waals surface area contributed by atoms with Gasteiger partial charge in [0.2, 0.25) is 0 Å². The molecule has 0 fully saturated rings. The van der Waals surface area contributed by atoms with Gasteiger partial charge < -0.3 is 15.6 Å². The number of nitrogen functional groups attached to an aromatic ring is 1. The standard InChI is InChI=1S/C27H22N10O3/c1-15(31-25(38)21-22(28)33-36-13-7-12-29-24(21)36)23-32-26-20(27(39)37(23)18-8-5-4-6-9-18)19(34-40-26)11-10-17-14-30-35(3)16(17)2/h4-9,12-15H,1-3H3,(H2,28,33)(H,31,38)/t15-/m0/s1. The summed E-state index contributed by atoms with van der Waals surface area (Å²) in [5, 5.41) is 15.3. The van der Waals surface area contributed by atoms with Gasteiger partial charge in [0.05, 0.1) is 29.2 Å². The lowest BCUT2D eigenvalue weighted by Gasteiger charge is -2.18. The van der Waals surface area contributed by atoms with Gasteiger partial charge in [-0.25, -0.2) is 9.50 Å². The van der Waals surface area contributed by atoms with Crippen LogP contribution in [0.4, 0.5) is 5.82 Å². The molecule has 1 aromatic carbocycles. The van der Waals surface area contributed by atoms with Crippen LogP contribution in [0.25, 0.3) is 22.4 Å². The van der Waals surface area contributed by atoms with Crippen molar-refractivity contribution in [3.05, 3.63) is 93.7 Å². The molecule has 40 heavy (non-hydrogen) atoms. The lowest BCUT2D eigenvalue weighted by molar-refractivity contribution is 0.0940. The topological polar surface area (TPSA) is 164 Å². The Balaban J connectivity index is 1.45. The molecule has 13 heteroatoms. The molecular formula is C27H22N10O3. The Bertz CT molecular complexity index is 2040. The highest BCUT2D eigenvalue weighted by atomic mass is 16.5. The van der Waals surface area contributed by atoms with Crippen LogP contribution in [0.15, 0.2) is 64.3 Å². The van der Waals surface area contributed by atoms with Gasteiger partial charge >= 0.3 is 0 Å². The molecule has 0 saturated heterocycles. The van der Waals surface area contributed by atoms with Crippen molar-refractivity contribution >= 4 is 28.5 Å². The summed E-state index contributed by atoms with van der Waals surface area (Å²) in [4.78, 5) is 36.1. The van der Waals surface area contributed by atoms with Gasteiger partial charge in [0, 0.05) is 19.4 Å².